The Bertz CT molecular complexity index is 1050. The molecule has 1 aliphatic heterocycles. The smallest absolute Gasteiger partial charge is 0.245 e. The Labute approximate surface area is 195 Å². The fourth-order valence-electron chi connectivity index (χ4n) is 5.16. The van der Waals surface area contributed by atoms with Gasteiger partial charge in [-0.25, -0.2) is 0 Å². The molecule has 1 saturated heterocycles. The molecule has 174 valence electrons. The van der Waals surface area contributed by atoms with Crippen molar-refractivity contribution in [3.05, 3.63) is 71.3 Å². The van der Waals surface area contributed by atoms with E-state index >= 15 is 0 Å². The number of piperidine rings is 1. The fourth-order valence-corrected chi connectivity index (χ4v) is 5.16. The molecule has 0 saturated carbocycles. The molecular formula is C27H33N3O3. The number of Topliss-reactive ketones (excluding diaryl/α,β-unsaturated/α-hetero) is 1. The Kier molecular flexibility index (Phi) is 6.14. The second-order valence-corrected chi connectivity index (χ2v) is 10.1. The van der Waals surface area contributed by atoms with Gasteiger partial charge in [-0.3, -0.25) is 14.4 Å². The Balaban J connectivity index is 1.54. The monoisotopic (exact) mass is 447 g/mol. The predicted octanol–water partition coefficient (Wildman–Crippen LogP) is 3.16. The largest absolute Gasteiger partial charge is 0.342 e. The van der Waals surface area contributed by atoms with Crippen molar-refractivity contribution in [3.8, 4) is 0 Å². The van der Waals surface area contributed by atoms with Crippen molar-refractivity contribution in [1.82, 2.24) is 10.2 Å². The maximum atomic E-state index is 13.7. The summed E-state index contributed by atoms with van der Waals surface area (Å²) in [6, 6.07) is 16.9. The van der Waals surface area contributed by atoms with Gasteiger partial charge in [0, 0.05) is 36.4 Å². The highest BCUT2D eigenvalue weighted by atomic mass is 16.2. The standard InChI is InChI=1S/C27H33N3O3/c1-18(19-9-5-4-6-10-19)23(29-25(33)26(2,3)28)24(32)30-15-13-27(14-16-30)17-22(31)20-11-7-8-12-21(20)27/h4-12,18,23H,13-17,28H2,1-3H3,(H,29,33)/t18-,23+/m0/s1. The SMILES string of the molecule is C[C@@H](c1ccccc1)[C@@H](NC(=O)C(C)(C)N)C(=O)N1CCC2(CC1)CC(=O)c1ccccc12. The molecule has 1 heterocycles. The number of rotatable bonds is 5. The summed E-state index contributed by atoms with van der Waals surface area (Å²) in [7, 11) is 0. The van der Waals surface area contributed by atoms with Crippen molar-refractivity contribution in [3.63, 3.8) is 0 Å². The maximum Gasteiger partial charge on any atom is 0.245 e. The van der Waals surface area contributed by atoms with E-state index in [1.807, 2.05) is 60.4 Å². The number of nitrogens with two attached hydrogens (primary N) is 1. The third-order valence-corrected chi connectivity index (χ3v) is 7.29. The second-order valence-electron chi connectivity index (χ2n) is 10.1. The van der Waals surface area contributed by atoms with Gasteiger partial charge in [0.2, 0.25) is 11.8 Å². The number of benzene rings is 2. The molecule has 4 rings (SSSR count). The van der Waals surface area contributed by atoms with Crippen LogP contribution in [0, 0.1) is 0 Å². The Morgan fingerprint density at radius 3 is 2.27 bits per heavy atom. The highest BCUT2D eigenvalue weighted by Gasteiger charge is 2.46. The van der Waals surface area contributed by atoms with Gasteiger partial charge in [0.1, 0.15) is 6.04 Å². The highest BCUT2D eigenvalue weighted by Crippen LogP contribution is 2.46. The number of carbonyl (C=O) groups excluding carboxylic acids is 3. The Hall–Kier alpha value is -2.99. The van der Waals surface area contributed by atoms with Crippen LogP contribution in [0.2, 0.25) is 0 Å². The van der Waals surface area contributed by atoms with E-state index in [9.17, 15) is 14.4 Å². The van der Waals surface area contributed by atoms with Crippen molar-refractivity contribution in [2.45, 2.75) is 62.9 Å². The van der Waals surface area contributed by atoms with E-state index < -0.39 is 11.6 Å². The molecule has 33 heavy (non-hydrogen) atoms. The van der Waals surface area contributed by atoms with Gasteiger partial charge in [0.15, 0.2) is 5.78 Å². The van der Waals surface area contributed by atoms with Crippen LogP contribution in [-0.2, 0) is 15.0 Å². The molecule has 6 nitrogen and oxygen atoms in total. The normalized spacial score (nSPS) is 19.2. The summed E-state index contributed by atoms with van der Waals surface area (Å²) in [5.41, 5.74) is 7.66. The summed E-state index contributed by atoms with van der Waals surface area (Å²) >= 11 is 0. The number of hydrogen-bond donors (Lipinski definition) is 2. The lowest BCUT2D eigenvalue weighted by Gasteiger charge is -2.41. The van der Waals surface area contributed by atoms with Gasteiger partial charge in [0.25, 0.3) is 0 Å². The van der Waals surface area contributed by atoms with Crippen molar-refractivity contribution < 1.29 is 14.4 Å². The summed E-state index contributed by atoms with van der Waals surface area (Å²) in [6.07, 6.45) is 1.99. The van der Waals surface area contributed by atoms with Crippen molar-refractivity contribution >= 4 is 17.6 Å². The number of ketones is 1. The van der Waals surface area contributed by atoms with E-state index in [1.165, 1.54) is 0 Å². The van der Waals surface area contributed by atoms with Crippen LogP contribution in [0.4, 0.5) is 0 Å². The molecule has 1 spiro atoms. The number of fused-ring (bicyclic) bond motifs is 2. The van der Waals surface area contributed by atoms with Gasteiger partial charge >= 0.3 is 0 Å². The quantitative estimate of drug-likeness (QED) is 0.736. The lowest BCUT2D eigenvalue weighted by atomic mass is 9.73. The number of nitrogens with zero attached hydrogens (tertiary/aromatic N) is 1. The number of likely N-dealkylation sites (tertiary alicyclic amines) is 1. The van der Waals surface area contributed by atoms with Gasteiger partial charge in [0.05, 0.1) is 5.54 Å². The molecular weight excluding hydrogens is 414 g/mol. The summed E-state index contributed by atoms with van der Waals surface area (Å²) in [6.45, 7) is 6.34. The lowest BCUT2D eigenvalue weighted by Crippen LogP contribution is -2.59. The molecule has 3 N–H and O–H groups in total. The van der Waals surface area contributed by atoms with E-state index in [-0.39, 0.29) is 28.9 Å². The van der Waals surface area contributed by atoms with Crippen LogP contribution in [0.1, 0.15) is 67.4 Å². The average Bonchev–Trinajstić information content (AvgIpc) is 3.08. The summed E-state index contributed by atoms with van der Waals surface area (Å²) in [4.78, 5) is 40.8. The molecule has 2 aromatic rings. The van der Waals surface area contributed by atoms with Crippen LogP contribution in [0.5, 0.6) is 0 Å². The summed E-state index contributed by atoms with van der Waals surface area (Å²) in [5.74, 6) is -0.475. The molecule has 2 atom stereocenters. The Morgan fingerprint density at radius 2 is 1.64 bits per heavy atom. The number of carbonyl (C=O) groups is 3. The molecule has 0 unspecified atom stereocenters. The molecule has 1 aliphatic carbocycles. The van der Waals surface area contributed by atoms with Crippen LogP contribution in [0.3, 0.4) is 0 Å². The molecule has 2 amide bonds. The molecule has 0 radical (unpaired) electrons. The summed E-state index contributed by atoms with van der Waals surface area (Å²) in [5, 5.41) is 2.93. The third-order valence-electron chi connectivity index (χ3n) is 7.29. The maximum absolute atomic E-state index is 13.7. The number of amides is 2. The van der Waals surface area contributed by atoms with Crippen molar-refractivity contribution in [1.29, 1.82) is 0 Å². The van der Waals surface area contributed by atoms with Crippen molar-refractivity contribution in [2.24, 2.45) is 5.73 Å². The first-order valence-corrected chi connectivity index (χ1v) is 11.7. The van der Waals surface area contributed by atoms with E-state index in [2.05, 4.69) is 11.4 Å². The fraction of sp³-hybridized carbons (Fsp3) is 0.444. The topological polar surface area (TPSA) is 92.5 Å². The number of nitrogens with one attached hydrogen (secondary N) is 1. The predicted molar refractivity (Wildman–Crippen MR) is 128 cm³/mol. The van der Waals surface area contributed by atoms with E-state index in [0.717, 1.165) is 29.5 Å². The van der Waals surface area contributed by atoms with Gasteiger partial charge in [-0.1, -0.05) is 61.5 Å². The minimum absolute atomic E-state index is 0.101. The first kappa shape index (κ1) is 23.2. The second kappa shape index (κ2) is 8.75. The highest BCUT2D eigenvalue weighted by molar-refractivity contribution is 6.02. The average molecular weight is 448 g/mol. The minimum Gasteiger partial charge on any atom is -0.342 e. The molecule has 0 bridgehead atoms. The first-order valence-electron chi connectivity index (χ1n) is 11.7. The van der Waals surface area contributed by atoms with E-state index in [4.69, 9.17) is 5.73 Å². The third kappa shape index (κ3) is 4.44. The van der Waals surface area contributed by atoms with Crippen LogP contribution in [-0.4, -0.2) is 47.2 Å². The zero-order valence-electron chi connectivity index (χ0n) is 19.6. The van der Waals surface area contributed by atoms with Crippen LogP contribution < -0.4 is 11.1 Å². The van der Waals surface area contributed by atoms with Crippen LogP contribution >= 0.6 is 0 Å². The molecule has 1 fully saturated rings. The molecule has 6 heteroatoms. The van der Waals surface area contributed by atoms with Gasteiger partial charge in [-0.2, -0.15) is 0 Å². The van der Waals surface area contributed by atoms with Gasteiger partial charge < -0.3 is 16.0 Å². The molecule has 0 aromatic heterocycles. The molecule has 2 aliphatic rings. The van der Waals surface area contributed by atoms with Crippen molar-refractivity contribution in [2.75, 3.05) is 13.1 Å². The number of hydrogen-bond acceptors (Lipinski definition) is 4. The zero-order chi connectivity index (χ0) is 23.8. The molecule has 2 aromatic carbocycles. The summed E-state index contributed by atoms with van der Waals surface area (Å²) < 4.78 is 0. The Morgan fingerprint density at radius 1 is 1.03 bits per heavy atom. The van der Waals surface area contributed by atoms with E-state index in [1.54, 1.807) is 13.8 Å². The van der Waals surface area contributed by atoms with Gasteiger partial charge in [-0.05, 0) is 37.8 Å². The minimum atomic E-state index is -1.09. The van der Waals surface area contributed by atoms with Gasteiger partial charge in [-0.15, -0.1) is 0 Å². The van der Waals surface area contributed by atoms with Crippen LogP contribution in [0.15, 0.2) is 54.6 Å². The van der Waals surface area contributed by atoms with E-state index in [0.29, 0.717) is 19.5 Å². The lowest BCUT2D eigenvalue weighted by molar-refractivity contribution is -0.139. The van der Waals surface area contributed by atoms with Crippen LogP contribution in [0.25, 0.3) is 0 Å². The first-order chi connectivity index (χ1) is 15.6. The zero-order valence-corrected chi connectivity index (χ0v) is 19.6.